The third-order valence-electron chi connectivity index (χ3n) is 6.76. The highest BCUT2D eigenvalue weighted by Gasteiger charge is 2.21. The molecule has 1 saturated heterocycles. The second-order valence-electron chi connectivity index (χ2n) is 8.77. The zero-order valence-electron chi connectivity index (χ0n) is 18.4. The number of ether oxygens (including phenoxy) is 1. The average Bonchev–Trinajstić information content (AvgIpc) is 3.20. The summed E-state index contributed by atoms with van der Waals surface area (Å²) < 4.78 is 5.04. The Kier molecular flexibility index (Phi) is 6.86. The predicted molar refractivity (Wildman–Crippen MR) is 121 cm³/mol. The van der Waals surface area contributed by atoms with Crippen LogP contribution in [0.1, 0.15) is 42.9 Å². The third-order valence-corrected chi connectivity index (χ3v) is 6.76. The molecule has 4 rings (SSSR count). The summed E-state index contributed by atoms with van der Waals surface area (Å²) in [5.74, 6) is 0.186. The lowest BCUT2D eigenvalue weighted by Crippen LogP contribution is -2.36. The van der Waals surface area contributed by atoms with Crippen molar-refractivity contribution in [1.82, 2.24) is 9.80 Å². The molecule has 0 aromatic heterocycles. The van der Waals surface area contributed by atoms with Gasteiger partial charge in [-0.15, -0.1) is 0 Å². The van der Waals surface area contributed by atoms with Gasteiger partial charge in [0.2, 0.25) is 5.91 Å². The molecule has 0 bridgehead atoms. The maximum Gasteiger partial charge on any atom is 0.225 e. The molecule has 2 aliphatic heterocycles. The molecular formula is C26H34N2O2. The van der Waals surface area contributed by atoms with Crippen molar-refractivity contribution in [2.45, 2.75) is 51.6 Å². The Labute approximate surface area is 180 Å². The Balaban J connectivity index is 1.37. The van der Waals surface area contributed by atoms with Gasteiger partial charge in [-0.25, -0.2) is 0 Å². The normalized spacial score (nSPS) is 19.1. The van der Waals surface area contributed by atoms with E-state index in [4.69, 9.17) is 4.74 Å². The molecule has 2 aromatic carbocycles. The molecule has 0 spiro atoms. The van der Waals surface area contributed by atoms with Gasteiger partial charge in [0.05, 0.1) is 13.0 Å². The molecule has 4 nitrogen and oxygen atoms in total. The number of carbonyl (C=O) groups is 1. The van der Waals surface area contributed by atoms with Crippen LogP contribution < -0.4 is 0 Å². The van der Waals surface area contributed by atoms with E-state index < -0.39 is 0 Å². The summed E-state index contributed by atoms with van der Waals surface area (Å²) in [6.45, 7) is 6.77. The molecule has 0 unspecified atom stereocenters. The Bertz CT molecular complexity index is 862. The molecule has 0 radical (unpaired) electrons. The quantitative estimate of drug-likeness (QED) is 0.687. The average molecular weight is 407 g/mol. The molecule has 2 aliphatic rings. The minimum Gasteiger partial charge on any atom is -0.384 e. The fourth-order valence-corrected chi connectivity index (χ4v) is 4.75. The Hall–Kier alpha value is -2.17. The molecule has 0 N–H and O–H groups in total. The van der Waals surface area contributed by atoms with Gasteiger partial charge in [0.15, 0.2) is 0 Å². The van der Waals surface area contributed by atoms with Crippen molar-refractivity contribution in [1.29, 1.82) is 0 Å². The molecule has 1 fully saturated rings. The minimum absolute atomic E-state index is 0.186. The second kappa shape index (κ2) is 9.76. The molecule has 30 heavy (non-hydrogen) atoms. The van der Waals surface area contributed by atoms with E-state index in [0.717, 1.165) is 25.4 Å². The largest absolute Gasteiger partial charge is 0.384 e. The van der Waals surface area contributed by atoms with Crippen molar-refractivity contribution in [2.75, 3.05) is 33.4 Å². The lowest BCUT2D eigenvalue weighted by molar-refractivity contribution is -0.133. The molecule has 2 heterocycles. The van der Waals surface area contributed by atoms with Crippen LogP contribution in [0.5, 0.6) is 0 Å². The van der Waals surface area contributed by atoms with E-state index in [2.05, 4.69) is 54.3 Å². The van der Waals surface area contributed by atoms with E-state index in [1.165, 1.54) is 53.7 Å². The summed E-state index contributed by atoms with van der Waals surface area (Å²) in [7, 11) is 1.64. The van der Waals surface area contributed by atoms with Crippen molar-refractivity contribution in [3.8, 4) is 11.1 Å². The fraction of sp³-hybridized carbons (Fsp3) is 0.500. The first kappa shape index (κ1) is 21.1. The number of methoxy groups -OCH3 is 1. The van der Waals surface area contributed by atoms with Crippen LogP contribution in [0.25, 0.3) is 11.1 Å². The van der Waals surface area contributed by atoms with Gasteiger partial charge in [0.1, 0.15) is 0 Å². The Morgan fingerprint density at radius 1 is 1.07 bits per heavy atom. The lowest BCUT2D eigenvalue weighted by Gasteiger charge is -2.29. The Morgan fingerprint density at radius 2 is 1.87 bits per heavy atom. The number of amides is 1. The predicted octanol–water partition coefficient (Wildman–Crippen LogP) is 4.30. The maximum atomic E-state index is 12.3. The van der Waals surface area contributed by atoms with Crippen molar-refractivity contribution in [3.05, 3.63) is 59.2 Å². The molecule has 0 aliphatic carbocycles. The molecule has 0 saturated carbocycles. The van der Waals surface area contributed by atoms with E-state index in [1.54, 1.807) is 7.11 Å². The number of hydrogen-bond acceptors (Lipinski definition) is 3. The number of nitrogens with zero attached hydrogens (tertiary/aromatic N) is 2. The Morgan fingerprint density at radius 3 is 2.60 bits per heavy atom. The van der Waals surface area contributed by atoms with E-state index >= 15 is 0 Å². The molecule has 1 atom stereocenters. The van der Waals surface area contributed by atoms with E-state index in [1.807, 2.05) is 4.90 Å². The van der Waals surface area contributed by atoms with Crippen LogP contribution in [-0.4, -0.2) is 55.1 Å². The summed E-state index contributed by atoms with van der Waals surface area (Å²) in [5, 5.41) is 0. The van der Waals surface area contributed by atoms with Gasteiger partial charge in [0.25, 0.3) is 0 Å². The summed E-state index contributed by atoms with van der Waals surface area (Å²) in [6.07, 6.45) is 5.20. The third kappa shape index (κ3) is 4.93. The maximum absolute atomic E-state index is 12.3. The van der Waals surface area contributed by atoms with Crippen molar-refractivity contribution in [3.63, 3.8) is 0 Å². The first-order valence-electron chi connectivity index (χ1n) is 11.4. The number of likely N-dealkylation sites (tertiary alicyclic amines) is 1. The van der Waals surface area contributed by atoms with Crippen LogP contribution in [0.3, 0.4) is 0 Å². The van der Waals surface area contributed by atoms with Gasteiger partial charge in [-0.2, -0.15) is 0 Å². The van der Waals surface area contributed by atoms with Gasteiger partial charge in [0, 0.05) is 32.8 Å². The van der Waals surface area contributed by atoms with Crippen LogP contribution in [0.15, 0.2) is 42.5 Å². The highest BCUT2D eigenvalue weighted by molar-refractivity contribution is 5.77. The number of fused-ring (bicyclic) bond motifs is 1. The van der Waals surface area contributed by atoms with Gasteiger partial charge in [-0.1, -0.05) is 42.5 Å². The van der Waals surface area contributed by atoms with Gasteiger partial charge < -0.3 is 14.5 Å². The van der Waals surface area contributed by atoms with Crippen molar-refractivity contribution >= 4 is 5.91 Å². The molecular weight excluding hydrogens is 372 g/mol. The summed E-state index contributed by atoms with van der Waals surface area (Å²) >= 11 is 0. The van der Waals surface area contributed by atoms with Crippen LogP contribution in [0.4, 0.5) is 0 Å². The van der Waals surface area contributed by atoms with Crippen LogP contribution >= 0.6 is 0 Å². The summed E-state index contributed by atoms with van der Waals surface area (Å²) in [6, 6.07) is 16.5. The summed E-state index contributed by atoms with van der Waals surface area (Å²) in [5.41, 5.74) is 6.60. The lowest BCUT2D eigenvalue weighted by atomic mass is 9.94. The molecule has 160 valence electrons. The minimum atomic E-state index is 0.186. The standard InChI is InChI=1S/C26H34N2O2/c1-20-4-3-14-27(20)15-11-21-5-7-22(8-6-21)23-9-10-25-19-28(16-12-24(25)18-23)26(29)13-17-30-2/h5-10,18,20H,3-4,11-17,19H2,1-2H3/t20-/m1/s1. The first-order valence-corrected chi connectivity index (χ1v) is 11.4. The smallest absolute Gasteiger partial charge is 0.225 e. The van der Waals surface area contributed by atoms with E-state index in [0.29, 0.717) is 19.6 Å². The monoisotopic (exact) mass is 406 g/mol. The highest BCUT2D eigenvalue weighted by atomic mass is 16.5. The summed E-state index contributed by atoms with van der Waals surface area (Å²) in [4.78, 5) is 16.9. The van der Waals surface area contributed by atoms with Gasteiger partial charge in [-0.3, -0.25) is 4.79 Å². The van der Waals surface area contributed by atoms with Crippen LogP contribution in [0.2, 0.25) is 0 Å². The SMILES string of the molecule is COCCC(=O)N1CCc2cc(-c3ccc(CCN4CCC[C@H]4C)cc3)ccc2C1. The number of carbonyl (C=O) groups excluding carboxylic acids is 1. The number of benzene rings is 2. The molecule has 2 aromatic rings. The first-order chi connectivity index (χ1) is 14.6. The zero-order chi connectivity index (χ0) is 20.9. The van der Waals surface area contributed by atoms with Crippen LogP contribution in [-0.2, 0) is 28.9 Å². The molecule has 1 amide bonds. The topological polar surface area (TPSA) is 32.8 Å². The van der Waals surface area contributed by atoms with Crippen molar-refractivity contribution < 1.29 is 9.53 Å². The van der Waals surface area contributed by atoms with E-state index in [9.17, 15) is 4.79 Å². The highest BCUT2D eigenvalue weighted by Crippen LogP contribution is 2.27. The number of hydrogen-bond donors (Lipinski definition) is 0. The zero-order valence-corrected chi connectivity index (χ0v) is 18.4. The van der Waals surface area contributed by atoms with Crippen molar-refractivity contribution in [2.24, 2.45) is 0 Å². The van der Waals surface area contributed by atoms with E-state index in [-0.39, 0.29) is 5.91 Å². The van der Waals surface area contributed by atoms with Gasteiger partial charge >= 0.3 is 0 Å². The molecule has 4 heteroatoms. The second-order valence-corrected chi connectivity index (χ2v) is 8.77. The van der Waals surface area contributed by atoms with Crippen LogP contribution in [0, 0.1) is 0 Å². The number of rotatable bonds is 7. The fourth-order valence-electron chi connectivity index (χ4n) is 4.75. The van der Waals surface area contributed by atoms with Gasteiger partial charge in [-0.05, 0) is 67.0 Å².